The van der Waals surface area contributed by atoms with Crippen molar-refractivity contribution in [1.82, 2.24) is 9.80 Å². The summed E-state index contributed by atoms with van der Waals surface area (Å²) in [4.78, 5) is 8.77. The summed E-state index contributed by atoms with van der Waals surface area (Å²) in [7, 11) is 0. The van der Waals surface area contributed by atoms with Gasteiger partial charge in [-0.3, -0.25) is 4.90 Å². The Morgan fingerprint density at radius 1 is 1.53 bits per heavy atom. The highest BCUT2D eigenvalue weighted by molar-refractivity contribution is 5.98. The minimum Gasteiger partial charge on any atom is -0.392 e. The van der Waals surface area contributed by atoms with E-state index >= 15 is 0 Å². The molecule has 3 heterocycles. The Hall–Kier alpha value is -1.65. The van der Waals surface area contributed by atoms with Gasteiger partial charge in [-0.25, -0.2) is 4.99 Å². The molecule has 1 N–H and O–H groups in total. The molecule has 0 aliphatic carbocycles. The fourth-order valence-corrected chi connectivity index (χ4v) is 2.62. The third kappa shape index (κ3) is 2.41. The van der Waals surface area contributed by atoms with Gasteiger partial charge >= 0.3 is 0 Å². The molecule has 4 heteroatoms. The van der Waals surface area contributed by atoms with Crippen LogP contribution in [0.25, 0.3) is 0 Å². The van der Waals surface area contributed by atoms with Crippen LogP contribution in [0.2, 0.25) is 0 Å². The molecule has 4 nitrogen and oxygen atoms in total. The molecule has 19 heavy (non-hydrogen) atoms. The normalized spacial score (nSPS) is 27.1. The molecule has 100 valence electrons. The Labute approximate surface area is 113 Å². The number of aliphatic hydroxyl groups excluding tert-OH is 1. The van der Waals surface area contributed by atoms with Crippen LogP contribution in [-0.4, -0.2) is 46.5 Å². The van der Waals surface area contributed by atoms with E-state index in [2.05, 4.69) is 35.5 Å². The Morgan fingerprint density at radius 3 is 3.11 bits per heavy atom. The van der Waals surface area contributed by atoms with Crippen LogP contribution in [0.3, 0.4) is 0 Å². The molecule has 3 aliphatic rings. The molecule has 0 spiro atoms. The van der Waals surface area contributed by atoms with Gasteiger partial charge in [0.05, 0.1) is 6.10 Å². The number of amidine groups is 1. The molecule has 3 rings (SSSR count). The third-order valence-corrected chi connectivity index (χ3v) is 3.75. The van der Waals surface area contributed by atoms with E-state index in [1.54, 1.807) is 0 Å². The van der Waals surface area contributed by atoms with Crippen molar-refractivity contribution in [3.63, 3.8) is 0 Å². The van der Waals surface area contributed by atoms with Gasteiger partial charge < -0.3 is 10.0 Å². The van der Waals surface area contributed by atoms with Gasteiger partial charge in [-0.2, -0.15) is 0 Å². The summed E-state index contributed by atoms with van der Waals surface area (Å²) in [5, 5.41) is 9.57. The molecule has 0 saturated carbocycles. The molecule has 1 atom stereocenters. The average Bonchev–Trinajstić information content (AvgIpc) is 2.78. The lowest BCUT2D eigenvalue weighted by Gasteiger charge is -2.31. The molecule has 3 aliphatic heterocycles. The molecule has 0 aromatic rings. The lowest BCUT2D eigenvalue weighted by Crippen LogP contribution is -2.32. The van der Waals surface area contributed by atoms with E-state index < -0.39 is 0 Å². The quantitative estimate of drug-likeness (QED) is 0.817. The van der Waals surface area contributed by atoms with Crippen LogP contribution >= 0.6 is 0 Å². The van der Waals surface area contributed by atoms with E-state index in [1.165, 1.54) is 5.57 Å². The van der Waals surface area contributed by atoms with Gasteiger partial charge in [-0.05, 0) is 31.1 Å². The second-order valence-electron chi connectivity index (χ2n) is 5.34. The van der Waals surface area contributed by atoms with Gasteiger partial charge in [0, 0.05) is 43.3 Å². The first kappa shape index (κ1) is 12.4. The second-order valence-corrected chi connectivity index (χ2v) is 5.34. The van der Waals surface area contributed by atoms with Gasteiger partial charge in [0.2, 0.25) is 0 Å². The number of allylic oxidation sites excluding steroid dienone is 2. The summed E-state index contributed by atoms with van der Waals surface area (Å²) in [5.41, 5.74) is 3.30. The summed E-state index contributed by atoms with van der Waals surface area (Å²) < 4.78 is 0. The minimum absolute atomic E-state index is 0.183. The highest BCUT2D eigenvalue weighted by Gasteiger charge is 2.25. The van der Waals surface area contributed by atoms with Gasteiger partial charge in [0.25, 0.3) is 0 Å². The van der Waals surface area contributed by atoms with Gasteiger partial charge in [0.1, 0.15) is 5.84 Å². The zero-order valence-corrected chi connectivity index (χ0v) is 11.2. The third-order valence-electron chi connectivity index (χ3n) is 3.75. The number of β-amino-alcohol motifs (C(OH)–C–C–N with tert-alkyl or cyclic N) is 1. The molecule has 1 unspecified atom stereocenters. The first-order valence-corrected chi connectivity index (χ1v) is 6.66. The van der Waals surface area contributed by atoms with E-state index in [0.717, 1.165) is 43.2 Å². The second kappa shape index (κ2) is 4.79. The topological polar surface area (TPSA) is 39.1 Å². The Bertz CT molecular complexity index is 528. The largest absolute Gasteiger partial charge is 0.392 e. The lowest BCUT2D eigenvalue weighted by atomic mass is 10.1. The van der Waals surface area contributed by atoms with Crippen molar-refractivity contribution in [3.8, 4) is 0 Å². The minimum atomic E-state index is -0.183. The summed E-state index contributed by atoms with van der Waals surface area (Å²) in [6.45, 7) is 8.73. The van der Waals surface area contributed by atoms with Crippen molar-refractivity contribution in [3.05, 3.63) is 48.0 Å². The smallest absolute Gasteiger partial charge is 0.137 e. The number of fused-ring (bicyclic) bond motifs is 1. The van der Waals surface area contributed by atoms with Crippen molar-refractivity contribution in [2.75, 3.05) is 19.6 Å². The van der Waals surface area contributed by atoms with Gasteiger partial charge in [0.15, 0.2) is 0 Å². The van der Waals surface area contributed by atoms with Crippen molar-refractivity contribution < 1.29 is 5.11 Å². The van der Waals surface area contributed by atoms with Crippen LogP contribution in [0.4, 0.5) is 0 Å². The van der Waals surface area contributed by atoms with E-state index in [0.29, 0.717) is 0 Å². The number of hydrogen-bond acceptors (Lipinski definition) is 4. The van der Waals surface area contributed by atoms with Crippen LogP contribution in [0.5, 0.6) is 0 Å². The summed E-state index contributed by atoms with van der Waals surface area (Å²) in [6.07, 6.45) is 8.71. The zero-order chi connectivity index (χ0) is 13.4. The van der Waals surface area contributed by atoms with Crippen LogP contribution in [0, 0.1) is 0 Å². The van der Waals surface area contributed by atoms with Crippen molar-refractivity contribution in [1.29, 1.82) is 0 Å². The number of aliphatic imine (C=N–C) groups is 1. The lowest BCUT2D eigenvalue weighted by molar-refractivity contribution is 0.179. The fourth-order valence-electron chi connectivity index (χ4n) is 2.62. The highest BCUT2D eigenvalue weighted by Crippen LogP contribution is 2.25. The Morgan fingerprint density at radius 2 is 2.37 bits per heavy atom. The van der Waals surface area contributed by atoms with Gasteiger partial charge in [-0.15, -0.1) is 0 Å². The Kier molecular flexibility index (Phi) is 3.12. The first-order valence-electron chi connectivity index (χ1n) is 6.66. The molecule has 1 saturated heterocycles. The van der Waals surface area contributed by atoms with Crippen molar-refractivity contribution in [2.45, 2.75) is 19.4 Å². The molecule has 0 amide bonds. The Balaban J connectivity index is 1.77. The standard InChI is InChI=1S/C15H19N3O/c1-11-3-6-18-12(2)13(8-16-15(18)7-11)9-17-5-4-14(19)10-17/h3,6-8,14,19H,2,4-5,9-10H2,1H3. The zero-order valence-electron chi connectivity index (χ0n) is 11.2. The van der Waals surface area contributed by atoms with E-state index in [1.807, 2.05) is 17.3 Å². The van der Waals surface area contributed by atoms with E-state index in [9.17, 15) is 5.11 Å². The summed E-state index contributed by atoms with van der Waals surface area (Å²) in [6, 6.07) is 0. The van der Waals surface area contributed by atoms with E-state index in [-0.39, 0.29) is 6.10 Å². The summed E-state index contributed by atoms with van der Waals surface area (Å²) in [5.74, 6) is 0.926. The number of nitrogens with zero attached hydrogens (tertiary/aromatic N) is 3. The highest BCUT2D eigenvalue weighted by atomic mass is 16.3. The number of likely N-dealkylation sites (tertiary alicyclic amines) is 1. The summed E-state index contributed by atoms with van der Waals surface area (Å²) >= 11 is 0. The molecule has 0 radical (unpaired) electrons. The molecule has 1 fully saturated rings. The van der Waals surface area contributed by atoms with Crippen LogP contribution < -0.4 is 0 Å². The molecule has 0 bridgehead atoms. The first-order chi connectivity index (χ1) is 9.13. The average molecular weight is 257 g/mol. The van der Waals surface area contributed by atoms with Crippen LogP contribution in [0.15, 0.2) is 53.0 Å². The predicted octanol–water partition coefficient (Wildman–Crippen LogP) is 1.64. The SMILES string of the molecule is C=C1C(CN2CCC(O)C2)=CN=C2C=C(C)C=CN12. The number of hydrogen-bond donors (Lipinski definition) is 1. The van der Waals surface area contributed by atoms with Crippen LogP contribution in [0.1, 0.15) is 13.3 Å². The number of aliphatic hydroxyl groups is 1. The molecular weight excluding hydrogens is 238 g/mol. The van der Waals surface area contributed by atoms with E-state index in [4.69, 9.17) is 0 Å². The van der Waals surface area contributed by atoms with Crippen LogP contribution in [-0.2, 0) is 0 Å². The fraction of sp³-hybridized carbons (Fsp3) is 0.400. The molecule has 0 aromatic heterocycles. The maximum Gasteiger partial charge on any atom is 0.137 e. The van der Waals surface area contributed by atoms with Gasteiger partial charge in [-0.1, -0.05) is 6.58 Å². The van der Waals surface area contributed by atoms with Crippen molar-refractivity contribution >= 4 is 5.84 Å². The maximum atomic E-state index is 9.57. The molecule has 0 aromatic carbocycles. The van der Waals surface area contributed by atoms with Crippen molar-refractivity contribution in [2.24, 2.45) is 4.99 Å². The maximum absolute atomic E-state index is 9.57. The number of rotatable bonds is 2. The molecular formula is C15H19N3O. The monoisotopic (exact) mass is 257 g/mol. The predicted molar refractivity (Wildman–Crippen MR) is 76.5 cm³/mol.